The number of aromatic nitrogens is 1. The van der Waals surface area contributed by atoms with Crippen LogP contribution in [0.5, 0.6) is 0 Å². The number of hydrogen-bond donors (Lipinski definition) is 0. The Balaban J connectivity index is 2.08. The van der Waals surface area contributed by atoms with Gasteiger partial charge in [0.25, 0.3) is 0 Å². The third-order valence-electron chi connectivity index (χ3n) is 4.95. The summed E-state index contributed by atoms with van der Waals surface area (Å²) in [6.07, 6.45) is 4.26. The second-order valence-electron chi connectivity index (χ2n) is 6.99. The van der Waals surface area contributed by atoms with Crippen molar-refractivity contribution in [2.75, 3.05) is 6.61 Å². The van der Waals surface area contributed by atoms with E-state index < -0.39 is 0 Å². The number of rotatable bonds is 5. The monoisotopic (exact) mass is 361 g/mol. The minimum atomic E-state index is -0.254. The lowest BCUT2D eigenvalue weighted by Crippen LogP contribution is -2.12. The number of benzene rings is 1. The first-order valence-corrected chi connectivity index (χ1v) is 8.99. The molecule has 0 bridgehead atoms. The fraction of sp³-hybridized carbons (Fsp3) is 0.208. The summed E-state index contributed by atoms with van der Waals surface area (Å²) in [7, 11) is 0. The molecule has 27 heavy (non-hydrogen) atoms. The van der Waals surface area contributed by atoms with Crippen molar-refractivity contribution in [3.63, 3.8) is 0 Å². The van der Waals surface area contributed by atoms with Gasteiger partial charge in [0, 0.05) is 23.8 Å². The van der Waals surface area contributed by atoms with E-state index in [4.69, 9.17) is 4.74 Å². The molecule has 138 valence electrons. The minimum absolute atomic E-state index is 0.0810. The van der Waals surface area contributed by atoms with E-state index in [1.54, 1.807) is 12.3 Å². The first-order valence-electron chi connectivity index (χ1n) is 8.99. The summed E-state index contributed by atoms with van der Waals surface area (Å²) in [5.41, 5.74) is 6.03. The molecule has 3 rings (SSSR count). The van der Waals surface area contributed by atoms with E-state index in [2.05, 4.69) is 31.3 Å². The van der Waals surface area contributed by atoms with Crippen LogP contribution in [-0.4, -0.2) is 11.6 Å². The van der Waals surface area contributed by atoms with Gasteiger partial charge in [-0.3, -0.25) is 4.98 Å². The first kappa shape index (κ1) is 18.8. The largest absolute Gasteiger partial charge is 0.493 e. The third kappa shape index (κ3) is 3.37. The summed E-state index contributed by atoms with van der Waals surface area (Å²) in [5, 5.41) is 0. The second-order valence-corrected chi connectivity index (χ2v) is 6.99. The van der Waals surface area contributed by atoms with Gasteiger partial charge in [-0.2, -0.15) is 0 Å². The summed E-state index contributed by atoms with van der Waals surface area (Å²) in [6, 6.07) is 5.31. The number of fused-ring (bicyclic) bond motifs is 1. The van der Waals surface area contributed by atoms with Crippen LogP contribution < -0.4 is 0 Å². The highest BCUT2D eigenvalue weighted by Gasteiger charge is 2.22. The van der Waals surface area contributed by atoms with Crippen LogP contribution >= 0.6 is 0 Å². The zero-order valence-corrected chi connectivity index (χ0v) is 15.9. The summed E-state index contributed by atoms with van der Waals surface area (Å²) < 4.78 is 20.2. The fourth-order valence-electron chi connectivity index (χ4n) is 3.39. The standard InChI is InChI=1S/C24H24FNO/c1-7-18-12-20(14(2)3)22(25)13-21(18)15(4)16(5)24-23-17(6)27-11-9-19(23)8-10-26-24/h7-8,10,12-14H,1,4-6,9,11H2,2-3H3. The number of hydrogen-bond acceptors (Lipinski definition) is 2. The zero-order chi connectivity index (χ0) is 19.7. The van der Waals surface area contributed by atoms with Gasteiger partial charge in [-0.25, -0.2) is 4.39 Å². The molecule has 0 aliphatic carbocycles. The molecule has 1 aliphatic heterocycles. The van der Waals surface area contributed by atoms with Crippen LogP contribution in [0.2, 0.25) is 0 Å². The molecule has 2 nitrogen and oxygen atoms in total. The van der Waals surface area contributed by atoms with Crippen molar-refractivity contribution in [2.24, 2.45) is 0 Å². The molecule has 3 heteroatoms. The molecular weight excluding hydrogens is 337 g/mol. The second kappa shape index (κ2) is 7.36. The van der Waals surface area contributed by atoms with Crippen LogP contribution in [0.15, 0.2) is 50.7 Å². The average Bonchev–Trinajstić information content (AvgIpc) is 2.66. The van der Waals surface area contributed by atoms with Crippen molar-refractivity contribution < 1.29 is 9.13 Å². The minimum Gasteiger partial charge on any atom is -0.493 e. The van der Waals surface area contributed by atoms with Crippen molar-refractivity contribution >= 4 is 23.0 Å². The van der Waals surface area contributed by atoms with Crippen molar-refractivity contribution in [2.45, 2.75) is 26.2 Å². The van der Waals surface area contributed by atoms with Gasteiger partial charge in [0.1, 0.15) is 11.6 Å². The van der Waals surface area contributed by atoms with Crippen molar-refractivity contribution in [1.29, 1.82) is 0 Å². The molecule has 0 radical (unpaired) electrons. The predicted molar refractivity (Wildman–Crippen MR) is 112 cm³/mol. The Kier molecular flexibility index (Phi) is 5.13. The van der Waals surface area contributed by atoms with Gasteiger partial charge >= 0.3 is 0 Å². The molecule has 0 atom stereocenters. The molecule has 0 saturated carbocycles. The molecule has 0 amide bonds. The van der Waals surface area contributed by atoms with E-state index in [0.29, 0.717) is 40.3 Å². The molecule has 2 heterocycles. The highest BCUT2D eigenvalue weighted by atomic mass is 19.1. The van der Waals surface area contributed by atoms with E-state index in [-0.39, 0.29) is 11.7 Å². The van der Waals surface area contributed by atoms with E-state index >= 15 is 0 Å². The molecule has 0 unspecified atom stereocenters. The van der Waals surface area contributed by atoms with Crippen molar-refractivity contribution in [3.05, 3.63) is 90.0 Å². The first-order chi connectivity index (χ1) is 12.8. The van der Waals surface area contributed by atoms with E-state index in [0.717, 1.165) is 23.1 Å². The summed E-state index contributed by atoms with van der Waals surface area (Å²) in [5.74, 6) is 0.409. The fourth-order valence-corrected chi connectivity index (χ4v) is 3.39. The number of halogens is 1. The normalized spacial score (nSPS) is 13.1. The number of allylic oxidation sites excluding steroid dienone is 2. The maximum atomic E-state index is 14.6. The summed E-state index contributed by atoms with van der Waals surface area (Å²) in [4.78, 5) is 4.49. The van der Waals surface area contributed by atoms with E-state index in [1.165, 1.54) is 6.07 Å². The highest BCUT2D eigenvalue weighted by Crippen LogP contribution is 2.37. The van der Waals surface area contributed by atoms with Gasteiger partial charge in [0.05, 0.1) is 12.3 Å². The molecule has 0 fully saturated rings. The van der Waals surface area contributed by atoms with Gasteiger partial charge in [0.15, 0.2) is 0 Å². The molecule has 1 aromatic carbocycles. The Morgan fingerprint density at radius 3 is 2.67 bits per heavy atom. The van der Waals surface area contributed by atoms with Crippen LogP contribution in [-0.2, 0) is 11.2 Å². The molecule has 0 spiro atoms. The quantitative estimate of drug-likeness (QED) is 0.587. The molecular formula is C24H24FNO. The van der Waals surface area contributed by atoms with E-state index in [1.807, 2.05) is 26.0 Å². The van der Waals surface area contributed by atoms with Gasteiger partial charge in [-0.15, -0.1) is 0 Å². The van der Waals surface area contributed by atoms with Gasteiger partial charge in [-0.1, -0.05) is 46.2 Å². The molecule has 2 aromatic rings. The zero-order valence-electron chi connectivity index (χ0n) is 15.9. The Morgan fingerprint density at radius 1 is 1.26 bits per heavy atom. The Hall–Kier alpha value is -2.94. The van der Waals surface area contributed by atoms with Gasteiger partial charge in [-0.05, 0) is 51.9 Å². The average molecular weight is 361 g/mol. The lowest BCUT2D eigenvalue weighted by Gasteiger charge is -2.23. The smallest absolute Gasteiger partial charge is 0.127 e. The molecule has 0 saturated heterocycles. The topological polar surface area (TPSA) is 22.1 Å². The van der Waals surface area contributed by atoms with Crippen LogP contribution in [0.1, 0.15) is 53.3 Å². The molecule has 0 N–H and O–H groups in total. The van der Waals surface area contributed by atoms with Crippen molar-refractivity contribution in [1.82, 2.24) is 4.98 Å². The number of ether oxygens (including phenoxy) is 1. The predicted octanol–water partition coefficient (Wildman–Crippen LogP) is 6.26. The highest BCUT2D eigenvalue weighted by molar-refractivity contribution is 6.05. The summed E-state index contributed by atoms with van der Waals surface area (Å²) in [6.45, 7) is 20.8. The van der Waals surface area contributed by atoms with Crippen molar-refractivity contribution in [3.8, 4) is 0 Å². The summed E-state index contributed by atoms with van der Waals surface area (Å²) >= 11 is 0. The molecule has 1 aromatic heterocycles. The van der Waals surface area contributed by atoms with Crippen LogP contribution in [0, 0.1) is 5.82 Å². The Labute approximate surface area is 160 Å². The lowest BCUT2D eigenvalue weighted by atomic mass is 9.88. The van der Waals surface area contributed by atoms with Gasteiger partial charge < -0.3 is 4.74 Å². The Morgan fingerprint density at radius 2 is 2.00 bits per heavy atom. The Bertz CT molecular complexity index is 969. The lowest BCUT2D eigenvalue weighted by molar-refractivity contribution is 0.271. The van der Waals surface area contributed by atoms with Crippen LogP contribution in [0.3, 0.4) is 0 Å². The molecule has 1 aliphatic rings. The maximum absolute atomic E-state index is 14.6. The van der Waals surface area contributed by atoms with Crippen LogP contribution in [0.4, 0.5) is 4.39 Å². The van der Waals surface area contributed by atoms with Gasteiger partial charge in [0.2, 0.25) is 0 Å². The maximum Gasteiger partial charge on any atom is 0.127 e. The number of nitrogens with zero attached hydrogens (tertiary/aromatic N) is 1. The van der Waals surface area contributed by atoms with E-state index in [9.17, 15) is 4.39 Å². The number of pyridine rings is 1. The third-order valence-corrected chi connectivity index (χ3v) is 4.95. The SMILES string of the molecule is C=Cc1cc(C(C)C)c(F)cc1C(=C)C(=C)c1nccc2c1C(=C)OCC2. The van der Waals surface area contributed by atoms with Crippen LogP contribution in [0.25, 0.3) is 23.0 Å².